The molecule has 8 heteroatoms. The molecule has 0 saturated carbocycles. The summed E-state index contributed by atoms with van der Waals surface area (Å²) in [6, 6.07) is 7.56. The van der Waals surface area contributed by atoms with E-state index in [2.05, 4.69) is 30.0 Å². The van der Waals surface area contributed by atoms with Crippen LogP contribution in [0.15, 0.2) is 36.8 Å². The first-order chi connectivity index (χ1) is 11.8. The maximum Gasteiger partial charge on any atom is 0.274 e. The van der Waals surface area contributed by atoms with Crippen molar-refractivity contribution in [3.63, 3.8) is 0 Å². The van der Waals surface area contributed by atoms with Crippen LogP contribution in [0.5, 0.6) is 0 Å². The van der Waals surface area contributed by atoms with E-state index < -0.39 is 0 Å². The molecule has 1 saturated heterocycles. The Labute approximate surface area is 138 Å². The lowest BCUT2D eigenvalue weighted by Crippen LogP contribution is -2.48. The molecule has 1 N–H and O–H groups in total. The maximum absolute atomic E-state index is 12.6. The van der Waals surface area contributed by atoms with Gasteiger partial charge in [0.25, 0.3) is 5.91 Å². The maximum atomic E-state index is 12.6. The summed E-state index contributed by atoms with van der Waals surface area (Å²) in [6.07, 6.45) is 3.07. The first-order valence-electron chi connectivity index (χ1n) is 7.87. The molecule has 0 atom stereocenters. The lowest BCUT2D eigenvalue weighted by Gasteiger charge is -2.33. The Morgan fingerprint density at radius 2 is 1.88 bits per heavy atom. The van der Waals surface area contributed by atoms with Crippen molar-refractivity contribution in [1.82, 2.24) is 34.9 Å². The molecule has 0 unspecified atom stereocenters. The van der Waals surface area contributed by atoms with E-state index in [-0.39, 0.29) is 5.91 Å². The van der Waals surface area contributed by atoms with Crippen molar-refractivity contribution in [3.05, 3.63) is 48.3 Å². The number of piperazine rings is 1. The first-order valence-corrected chi connectivity index (χ1v) is 7.87. The highest BCUT2D eigenvalue weighted by atomic mass is 16.2. The van der Waals surface area contributed by atoms with Crippen LogP contribution in [0.4, 0.5) is 0 Å². The number of para-hydroxylation sites is 2. The number of nitrogens with one attached hydrogen (secondary N) is 1. The summed E-state index contributed by atoms with van der Waals surface area (Å²) in [5, 5.41) is 6.71. The zero-order chi connectivity index (χ0) is 16.4. The van der Waals surface area contributed by atoms with Crippen molar-refractivity contribution in [2.45, 2.75) is 6.54 Å². The summed E-state index contributed by atoms with van der Waals surface area (Å²) in [6.45, 7) is 3.65. The monoisotopic (exact) mass is 323 g/mol. The topological polar surface area (TPSA) is 90.9 Å². The highest BCUT2D eigenvalue weighted by Crippen LogP contribution is 2.12. The van der Waals surface area contributed by atoms with Crippen molar-refractivity contribution >= 4 is 16.9 Å². The van der Waals surface area contributed by atoms with Gasteiger partial charge in [-0.1, -0.05) is 12.1 Å². The molecule has 1 aliphatic heterocycles. The van der Waals surface area contributed by atoms with Crippen LogP contribution in [0.1, 0.15) is 16.3 Å². The molecule has 3 heterocycles. The lowest BCUT2D eigenvalue weighted by atomic mass is 10.2. The van der Waals surface area contributed by atoms with E-state index >= 15 is 0 Å². The van der Waals surface area contributed by atoms with Crippen molar-refractivity contribution in [1.29, 1.82) is 0 Å². The van der Waals surface area contributed by atoms with Crippen LogP contribution in [0.25, 0.3) is 11.0 Å². The molecule has 3 aromatic rings. The molecule has 1 fully saturated rings. The van der Waals surface area contributed by atoms with Gasteiger partial charge in [-0.15, -0.1) is 0 Å². The molecule has 0 aliphatic carbocycles. The summed E-state index contributed by atoms with van der Waals surface area (Å²) in [5.41, 5.74) is 1.94. The van der Waals surface area contributed by atoms with E-state index in [1.54, 1.807) is 6.20 Å². The molecule has 8 nitrogen and oxygen atoms in total. The molecule has 24 heavy (non-hydrogen) atoms. The van der Waals surface area contributed by atoms with Gasteiger partial charge in [0.15, 0.2) is 0 Å². The van der Waals surface area contributed by atoms with Crippen LogP contribution < -0.4 is 0 Å². The van der Waals surface area contributed by atoms with Crippen molar-refractivity contribution in [2.24, 2.45) is 0 Å². The van der Waals surface area contributed by atoms with Gasteiger partial charge in [0, 0.05) is 26.2 Å². The van der Waals surface area contributed by atoms with E-state index in [1.165, 1.54) is 6.33 Å². The molecule has 0 spiro atoms. The fourth-order valence-electron chi connectivity index (χ4n) is 2.85. The number of fused-ring (bicyclic) bond motifs is 1. The largest absolute Gasteiger partial charge is 0.335 e. The molecule has 1 aliphatic rings. The fraction of sp³-hybridized carbons (Fsp3) is 0.312. The van der Waals surface area contributed by atoms with Gasteiger partial charge in [0.05, 0.1) is 23.8 Å². The van der Waals surface area contributed by atoms with Gasteiger partial charge >= 0.3 is 0 Å². The third-order valence-corrected chi connectivity index (χ3v) is 4.17. The Morgan fingerprint density at radius 1 is 1.08 bits per heavy atom. The Hall–Kier alpha value is -2.87. The molecule has 1 aromatic carbocycles. The number of hydrogen-bond donors (Lipinski definition) is 1. The molecule has 0 bridgehead atoms. The molecular formula is C16H17N7O. The van der Waals surface area contributed by atoms with Crippen LogP contribution in [0.3, 0.4) is 0 Å². The second-order valence-corrected chi connectivity index (χ2v) is 5.74. The second-order valence-electron chi connectivity index (χ2n) is 5.74. The second kappa shape index (κ2) is 6.32. The van der Waals surface area contributed by atoms with Gasteiger partial charge < -0.3 is 4.90 Å². The average Bonchev–Trinajstić information content (AvgIpc) is 3.14. The quantitative estimate of drug-likeness (QED) is 0.763. The first kappa shape index (κ1) is 14.7. The van der Waals surface area contributed by atoms with Gasteiger partial charge in [-0.2, -0.15) is 5.10 Å². The van der Waals surface area contributed by atoms with Crippen LogP contribution in [-0.2, 0) is 6.54 Å². The third-order valence-electron chi connectivity index (χ3n) is 4.17. The van der Waals surface area contributed by atoms with E-state index in [0.29, 0.717) is 18.8 Å². The summed E-state index contributed by atoms with van der Waals surface area (Å²) in [5.74, 6) is 0.780. The fourth-order valence-corrected chi connectivity index (χ4v) is 2.85. The zero-order valence-electron chi connectivity index (χ0n) is 13.1. The molecule has 122 valence electrons. The Morgan fingerprint density at radius 3 is 2.62 bits per heavy atom. The minimum atomic E-state index is -0.0624. The summed E-state index contributed by atoms with van der Waals surface area (Å²) >= 11 is 0. The minimum absolute atomic E-state index is 0.0624. The Kier molecular flexibility index (Phi) is 3.87. The third kappa shape index (κ3) is 2.95. The van der Waals surface area contributed by atoms with Gasteiger partial charge in [-0.05, 0) is 12.1 Å². The van der Waals surface area contributed by atoms with Crippen molar-refractivity contribution < 1.29 is 4.79 Å². The highest BCUT2D eigenvalue weighted by molar-refractivity contribution is 5.93. The Bertz CT molecular complexity index is 841. The van der Waals surface area contributed by atoms with Crippen molar-refractivity contribution in [2.75, 3.05) is 26.2 Å². The predicted octanol–water partition coefficient (Wildman–Crippen LogP) is 0.706. The molecule has 2 aromatic heterocycles. The van der Waals surface area contributed by atoms with Crippen LogP contribution in [0.2, 0.25) is 0 Å². The number of aromatic nitrogens is 5. The van der Waals surface area contributed by atoms with E-state index in [1.807, 2.05) is 29.2 Å². The standard InChI is InChI=1S/C16H17N7O/c24-16(14-9-17-12-3-1-2-4-13(12)20-14)23-7-5-22(6-8-23)10-15-18-11-19-21-15/h1-4,9,11H,5-8,10H2,(H,18,19,21). The number of amides is 1. The summed E-state index contributed by atoms with van der Waals surface area (Å²) in [7, 11) is 0. The number of carbonyl (C=O) groups is 1. The highest BCUT2D eigenvalue weighted by Gasteiger charge is 2.23. The lowest BCUT2D eigenvalue weighted by molar-refractivity contribution is 0.0620. The smallest absolute Gasteiger partial charge is 0.274 e. The molecule has 1 amide bonds. The Balaban J connectivity index is 1.41. The SMILES string of the molecule is O=C(c1cnc2ccccc2n1)N1CCN(Cc2ncn[nH]2)CC1. The zero-order valence-corrected chi connectivity index (χ0v) is 13.1. The molecule has 0 radical (unpaired) electrons. The van der Waals surface area contributed by atoms with Crippen LogP contribution in [-0.4, -0.2) is 67.0 Å². The summed E-state index contributed by atoms with van der Waals surface area (Å²) in [4.78, 5) is 29.6. The van der Waals surface area contributed by atoms with Crippen molar-refractivity contribution in [3.8, 4) is 0 Å². The van der Waals surface area contributed by atoms with Crippen LogP contribution >= 0.6 is 0 Å². The van der Waals surface area contributed by atoms with E-state index in [9.17, 15) is 4.79 Å². The van der Waals surface area contributed by atoms with E-state index in [0.717, 1.165) is 36.5 Å². The molecular weight excluding hydrogens is 306 g/mol. The summed E-state index contributed by atoms with van der Waals surface area (Å²) < 4.78 is 0. The predicted molar refractivity (Wildman–Crippen MR) is 87.1 cm³/mol. The number of benzene rings is 1. The number of nitrogens with zero attached hydrogens (tertiary/aromatic N) is 6. The normalized spacial score (nSPS) is 15.8. The van der Waals surface area contributed by atoms with Crippen LogP contribution in [0, 0.1) is 0 Å². The number of rotatable bonds is 3. The number of H-pyrrole nitrogens is 1. The number of aromatic amines is 1. The van der Waals surface area contributed by atoms with E-state index in [4.69, 9.17) is 0 Å². The van der Waals surface area contributed by atoms with Gasteiger partial charge in [-0.25, -0.2) is 9.97 Å². The van der Waals surface area contributed by atoms with Gasteiger partial charge in [-0.3, -0.25) is 19.8 Å². The van der Waals surface area contributed by atoms with Gasteiger partial charge in [0.1, 0.15) is 17.8 Å². The molecule has 4 rings (SSSR count). The minimum Gasteiger partial charge on any atom is -0.335 e. The average molecular weight is 323 g/mol. The number of hydrogen-bond acceptors (Lipinski definition) is 6. The number of carbonyl (C=O) groups excluding carboxylic acids is 1. The van der Waals surface area contributed by atoms with Gasteiger partial charge in [0.2, 0.25) is 0 Å².